The molecule has 98 heavy (non-hydrogen) atoms. The third-order valence-electron chi connectivity index (χ3n) is 18.3. The van der Waals surface area contributed by atoms with Gasteiger partial charge in [0, 0.05) is 49.4 Å². The quantitative estimate of drug-likeness (QED) is 0.125. The van der Waals surface area contributed by atoms with E-state index >= 15 is 0 Å². The van der Waals surface area contributed by atoms with Gasteiger partial charge in [-0.1, -0.05) is 255 Å². The van der Waals surface area contributed by atoms with E-state index < -0.39 is 0 Å². The molecular weight excluding hydrogens is 1270 g/mol. The van der Waals surface area contributed by atoms with Crippen molar-refractivity contribution in [3.05, 3.63) is 319 Å². The SMILES string of the molecule is CC1(C)OB(c2ccc(-c3cc(-c4ccccc4)ccc3-n3c4ccccc4c4ccccc43)cc2)OC1(C)C.Clc1nc(-c2ccccc2)nc(-c2ccc(-c3cc(-c4ccccc4)ccc3-n3c4ccccc4c4ccccc43)cc2)n1.Clc1nc(Cl)nc(-c2ccccc2)n1. The van der Waals surface area contributed by atoms with Gasteiger partial charge in [0.05, 0.1) is 44.6 Å². The topological polar surface area (TPSA) is 106 Å². The van der Waals surface area contributed by atoms with Crippen molar-refractivity contribution in [3.63, 3.8) is 0 Å². The molecule has 0 atom stereocenters. The van der Waals surface area contributed by atoms with Crippen molar-refractivity contribution in [3.8, 4) is 90.0 Å². The summed E-state index contributed by atoms with van der Waals surface area (Å²) in [6, 6.07) is 105. The van der Waals surface area contributed by atoms with Crippen LogP contribution >= 0.6 is 34.8 Å². The summed E-state index contributed by atoms with van der Waals surface area (Å²) in [5.41, 5.74) is 19.2. The zero-order chi connectivity index (χ0) is 66.9. The first-order valence-electron chi connectivity index (χ1n) is 32.3. The lowest BCUT2D eigenvalue weighted by molar-refractivity contribution is 0.00578. The molecule has 0 aliphatic carbocycles. The van der Waals surface area contributed by atoms with Crippen LogP contribution in [0.3, 0.4) is 0 Å². The summed E-state index contributed by atoms with van der Waals surface area (Å²) in [4.78, 5) is 25.2. The predicted molar refractivity (Wildman–Crippen MR) is 404 cm³/mol. The first-order valence-corrected chi connectivity index (χ1v) is 33.5. The highest BCUT2D eigenvalue weighted by Gasteiger charge is 2.51. The summed E-state index contributed by atoms with van der Waals surface area (Å²) in [7, 11) is -0.383. The average Bonchev–Trinajstić information content (AvgIpc) is 1.51. The lowest BCUT2D eigenvalue weighted by atomic mass is 9.78. The van der Waals surface area contributed by atoms with Crippen molar-refractivity contribution in [2.24, 2.45) is 0 Å². The summed E-state index contributed by atoms with van der Waals surface area (Å²) in [6.07, 6.45) is 0. The van der Waals surface area contributed by atoms with E-state index in [1.54, 1.807) is 0 Å². The van der Waals surface area contributed by atoms with Crippen molar-refractivity contribution in [1.29, 1.82) is 0 Å². The van der Waals surface area contributed by atoms with Gasteiger partial charge in [0.15, 0.2) is 17.5 Å². The molecule has 1 saturated heterocycles. The van der Waals surface area contributed by atoms with E-state index in [1.165, 1.54) is 65.9 Å². The normalized spacial score (nSPS) is 13.1. The van der Waals surface area contributed by atoms with Gasteiger partial charge in [-0.2, -0.15) is 24.9 Å². The molecule has 14 heteroatoms. The van der Waals surface area contributed by atoms with E-state index in [-0.39, 0.29) is 34.2 Å². The summed E-state index contributed by atoms with van der Waals surface area (Å²) in [5.74, 6) is 1.57. The van der Waals surface area contributed by atoms with Crippen LogP contribution in [0.4, 0.5) is 0 Å². The van der Waals surface area contributed by atoms with Gasteiger partial charge in [-0.25, -0.2) is 4.98 Å². The van der Waals surface area contributed by atoms with Gasteiger partial charge in [-0.15, -0.1) is 0 Å². The molecule has 0 spiro atoms. The van der Waals surface area contributed by atoms with Crippen LogP contribution in [0.25, 0.3) is 134 Å². The molecule has 474 valence electrons. The van der Waals surface area contributed by atoms with Crippen molar-refractivity contribution in [2.45, 2.75) is 38.9 Å². The van der Waals surface area contributed by atoms with Crippen molar-refractivity contribution >= 4 is 91.0 Å². The number of halogens is 3. The maximum Gasteiger partial charge on any atom is 0.494 e. The molecule has 0 bridgehead atoms. The largest absolute Gasteiger partial charge is 0.494 e. The minimum absolute atomic E-state index is 0.101. The molecule has 0 unspecified atom stereocenters. The van der Waals surface area contributed by atoms with Crippen molar-refractivity contribution in [1.82, 2.24) is 39.0 Å². The summed E-state index contributed by atoms with van der Waals surface area (Å²) in [6.45, 7) is 8.37. The van der Waals surface area contributed by atoms with Gasteiger partial charge in [0.2, 0.25) is 15.9 Å². The summed E-state index contributed by atoms with van der Waals surface area (Å²) >= 11 is 17.7. The van der Waals surface area contributed by atoms with Crippen LogP contribution in [-0.2, 0) is 9.31 Å². The maximum absolute atomic E-state index is 6.36. The van der Waals surface area contributed by atoms with E-state index in [0.29, 0.717) is 17.5 Å². The van der Waals surface area contributed by atoms with E-state index in [2.05, 4.69) is 298 Å². The number of nitrogens with zero attached hydrogens (tertiary/aromatic N) is 8. The highest BCUT2D eigenvalue weighted by molar-refractivity contribution is 6.62. The van der Waals surface area contributed by atoms with Gasteiger partial charge in [0.1, 0.15) is 0 Å². The van der Waals surface area contributed by atoms with E-state index in [1.807, 2.05) is 66.7 Å². The second-order valence-corrected chi connectivity index (χ2v) is 25.9. The fourth-order valence-electron chi connectivity index (χ4n) is 12.7. The number of hydrogen-bond donors (Lipinski definition) is 0. The van der Waals surface area contributed by atoms with E-state index in [4.69, 9.17) is 49.1 Å². The minimum atomic E-state index is -0.383. The zero-order valence-corrected chi connectivity index (χ0v) is 56.2. The maximum atomic E-state index is 6.36. The number of hydrogen-bond acceptors (Lipinski definition) is 8. The number of fused-ring (bicyclic) bond motifs is 6. The van der Waals surface area contributed by atoms with Crippen LogP contribution in [0.1, 0.15) is 27.7 Å². The van der Waals surface area contributed by atoms with Gasteiger partial charge in [0.25, 0.3) is 0 Å². The molecule has 1 fully saturated rings. The summed E-state index contributed by atoms with van der Waals surface area (Å²) in [5, 5.41) is 5.35. The number of benzene rings is 12. The van der Waals surface area contributed by atoms with Crippen LogP contribution in [0.2, 0.25) is 15.9 Å². The third kappa shape index (κ3) is 12.7. The molecule has 1 aliphatic heterocycles. The third-order valence-corrected chi connectivity index (χ3v) is 18.8. The Hall–Kier alpha value is -10.9. The van der Waals surface area contributed by atoms with Gasteiger partial charge in [-0.05, 0) is 150 Å². The molecule has 10 nitrogen and oxygen atoms in total. The van der Waals surface area contributed by atoms with E-state index in [0.717, 1.165) is 55.8 Å². The lowest BCUT2D eigenvalue weighted by Gasteiger charge is -2.32. The van der Waals surface area contributed by atoms with Gasteiger partial charge >= 0.3 is 7.12 Å². The smallest absolute Gasteiger partial charge is 0.399 e. The van der Waals surface area contributed by atoms with Crippen LogP contribution in [0.5, 0.6) is 0 Å². The average molecular weight is 1330 g/mol. The molecule has 0 radical (unpaired) electrons. The van der Waals surface area contributed by atoms with E-state index in [9.17, 15) is 0 Å². The Morgan fingerprint density at radius 3 is 0.918 bits per heavy atom. The Bertz CT molecular complexity index is 5420. The van der Waals surface area contributed by atoms with Gasteiger partial charge in [-0.3, -0.25) is 0 Å². The Morgan fingerprint density at radius 1 is 0.276 bits per heavy atom. The molecule has 0 amide bonds. The zero-order valence-electron chi connectivity index (χ0n) is 54.0. The molecule has 0 N–H and O–H groups in total. The molecule has 12 aromatic carbocycles. The standard InChI is InChI=1S/C39H25ClN4.C36H32BNO2.C9H5Cl2N3/c40-39-42-37(28-13-5-2-6-14-28)41-38(43-39)29-21-19-27(20-22-29)33-25-30(26-11-3-1-4-12-26)23-24-36(33)44-34-17-9-7-15-31(34)32-16-8-10-18-35(32)44;1-35(2)36(3,4)40-37(39-35)28-21-18-26(19-22-28)31-24-27(25-12-6-5-7-13-25)20-23-34(31)38-32-16-10-8-14-29(32)30-15-9-11-17-33(30)38;10-8-12-7(13-9(11)14-8)6-4-2-1-3-5-6/h1-25H;5-24H,1-4H3;1-5H. The molecule has 16 aromatic rings. The summed E-state index contributed by atoms with van der Waals surface area (Å²) < 4.78 is 17.4. The first kappa shape index (κ1) is 63.2. The second kappa shape index (κ2) is 27.0. The van der Waals surface area contributed by atoms with Crippen molar-refractivity contribution < 1.29 is 9.31 Å². The molecule has 1 aliphatic rings. The van der Waals surface area contributed by atoms with Crippen LogP contribution < -0.4 is 5.46 Å². The van der Waals surface area contributed by atoms with Crippen LogP contribution in [0, 0.1) is 0 Å². The number of rotatable bonds is 10. The predicted octanol–water partition coefficient (Wildman–Crippen LogP) is 21.6. The first-order chi connectivity index (χ1) is 47.8. The van der Waals surface area contributed by atoms with Gasteiger partial charge < -0.3 is 18.4 Å². The Balaban J connectivity index is 0.000000134. The number of aromatic nitrogens is 8. The van der Waals surface area contributed by atoms with Crippen LogP contribution in [-0.4, -0.2) is 57.4 Å². The van der Waals surface area contributed by atoms with Crippen molar-refractivity contribution in [2.75, 3.05) is 0 Å². The highest BCUT2D eigenvalue weighted by Crippen LogP contribution is 2.42. The molecule has 4 aromatic heterocycles. The lowest BCUT2D eigenvalue weighted by Crippen LogP contribution is -2.41. The second-order valence-electron chi connectivity index (χ2n) is 24.9. The Morgan fingerprint density at radius 2 is 0.551 bits per heavy atom. The molecule has 0 saturated carbocycles. The number of para-hydroxylation sites is 4. The highest BCUT2D eigenvalue weighted by atomic mass is 35.5. The minimum Gasteiger partial charge on any atom is -0.399 e. The molecule has 5 heterocycles. The monoisotopic (exact) mass is 1330 g/mol. The molecular formula is C84H62BCl3N8O2. The van der Waals surface area contributed by atoms with Crippen LogP contribution in [0.15, 0.2) is 303 Å². The Labute approximate surface area is 583 Å². The fourth-order valence-corrected chi connectivity index (χ4v) is 13.3. The Kier molecular flexibility index (Phi) is 17.4. The molecule has 17 rings (SSSR count). The fraction of sp³-hybridized carbons (Fsp3) is 0.0714.